The van der Waals surface area contributed by atoms with E-state index in [1.807, 2.05) is 31.2 Å². The molecule has 1 aromatic carbocycles. The van der Waals surface area contributed by atoms with Crippen LogP contribution in [-0.4, -0.2) is 6.54 Å². The first-order chi connectivity index (χ1) is 5.33. The second-order valence-electron chi connectivity index (χ2n) is 2.39. The molecular weight excluding hydrogens is 160 g/mol. The molecule has 0 aliphatic heterocycles. The zero-order valence-corrected chi connectivity index (χ0v) is 6.91. The highest BCUT2D eigenvalue weighted by atomic mass is 15.1. The van der Waals surface area contributed by atoms with Crippen molar-refractivity contribution in [2.45, 2.75) is 28.7 Å². The van der Waals surface area contributed by atoms with Gasteiger partial charge in [0.2, 0.25) is 0 Å². The number of hydrogen-bond donors (Lipinski definition) is 0. The molecule has 74 valence electrons. The Labute approximate surface area is 81.7 Å². The molecule has 0 heterocycles. The van der Waals surface area contributed by atoms with Crippen LogP contribution in [0.3, 0.4) is 0 Å². The number of benzene rings is 1. The highest BCUT2D eigenvalue weighted by Crippen LogP contribution is 2.12. The number of nitrogens with zero attached hydrogens (tertiary/aromatic N) is 2. The van der Waals surface area contributed by atoms with Crippen molar-refractivity contribution in [3.05, 3.63) is 29.8 Å². The molecule has 0 saturated carbocycles. The fourth-order valence-corrected chi connectivity index (χ4v) is 0.764. The smallest absolute Gasteiger partial charge is 0.0852 e. The van der Waals surface area contributed by atoms with E-state index >= 15 is 0 Å². The van der Waals surface area contributed by atoms with E-state index in [2.05, 4.69) is 17.2 Å². The lowest BCUT2D eigenvalue weighted by molar-refractivity contribution is 1.01. The molecule has 0 N–H and O–H groups in total. The summed E-state index contributed by atoms with van der Waals surface area (Å²) >= 11 is 0. The molecule has 0 amide bonds. The van der Waals surface area contributed by atoms with E-state index in [0.717, 1.165) is 12.2 Å². The number of rotatable bonds is 2. The molecule has 0 aliphatic rings. The molecule has 0 radical (unpaired) electrons. The summed E-state index contributed by atoms with van der Waals surface area (Å²) in [5.74, 6) is 0. The Morgan fingerprint density at radius 3 is 2.08 bits per heavy atom. The third kappa shape index (κ3) is 5.12. The number of azo groups is 1. The van der Waals surface area contributed by atoms with Gasteiger partial charge in [0.25, 0.3) is 0 Å². The van der Waals surface area contributed by atoms with Gasteiger partial charge in [0.05, 0.1) is 12.2 Å². The van der Waals surface area contributed by atoms with Crippen LogP contribution in [0.5, 0.6) is 0 Å². The van der Waals surface area contributed by atoms with E-state index in [1.165, 1.54) is 5.56 Å². The summed E-state index contributed by atoms with van der Waals surface area (Å²) in [7, 11) is 0. The molecule has 0 spiro atoms. The first-order valence-corrected chi connectivity index (χ1v) is 3.77. The van der Waals surface area contributed by atoms with Gasteiger partial charge in [-0.3, -0.25) is 0 Å². The molecule has 0 aliphatic carbocycles. The zero-order valence-electron chi connectivity index (χ0n) is 6.91. The van der Waals surface area contributed by atoms with Crippen LogP contribution >= 0.6 is 0 Å². The van der Waals surface area contributed by atoms with Crippen molar-refractivity contribution in [2.24, 2.45) is 10.2 Å². The first kappa shape index (κ1) is 14.3. The van der Waals surface area contributed by atoms with Crippen molar-refractivity contribution in [3.8, 4) is 0 Å². The maximum absolute atomic E-state index is 3.99. The van der Waals surface area contributed by atoms with Crippen molar-refractivity contribution in [3.63, 3.8) is 0 Å². The van der Waals surface area contributed by atoms with Gasteiger partial charge < -0.3 is 0 Å². The van der Waals surface area contributed by atoms with Gasteiger partial charge in [0.1, 0.15) is 0 Å². The minimum Gasteiger partial charge on any atom is -0.189 e. The van der Waals surface area contributed by atoms with Crippen molar-refractivity contribution >= 4 is 5.69 Å². The van der Waals surface area contributed by atoms with Gasteiger partial charge in [-0.1, -0.05) is 32.5 Å². The quantitative estimate of drug-likeness (QED) is 0.604. The van der Waals surface area contributed by atoms with E-state index in [0.29, 0.717) is 0 Å². The Bertz CT molecular complexity index is 237. The summed E-state index contributed by atoms with van der Waals surface area (Å²) in [6.07, 6.45) is 0. The van der Waals surface area contributed by atoms with Crippen LogP contribution in [0.1, 0.15) is 27.3 Å². The zero-order chi connectivity index (χ0) is 8.10. The molecule has 1 rings (SSSR count). The molecule has 1 aromatic rings. The SMILES string of the molecule is C.C.CCN=Nc1ccc(C)cc1. The van der Waals surface area contributed by atoms with Crippen LogP contribution in [0.4, 0.5) is 5.69 Å². The summed E-state index contributed by atoms with van der Waals surface area (Å²) in [6, 6.07) is 8.00. The Balaban J connectivity index is 0. The lowest BCUT2D eigenvalue weighted by Crippen LogP contribution is -1.68. The summed E-state index contributed by atoms with van der Waals surface area (Å²) in [5.41, 5.74) is 2.18. The van der Waals surface area contributed by atoms with E-state index in [4.69, 9.17) is 0 Å². The number of hydrogen-bond acceptors (Lipinski definition) is 2. The summed E-state index contributed by atoms with van der Waals surface area (Å²) in [6.45, 7) is 4.77. The third-order valence-corrected chi connectivity index (χ3v) is 1.36. The Morgan fingerprint density at radius 2 is 1.62 bits per heavy atom. The maximum Gasteiger partial charge on any atom is 0.0852 e. The fraction of sp³-hybridized carbons (Fsp3) is 0.455. The molecule has 0 unspecified atom stereocenters. The molecule has 2 heteroatoms. The highest BCUT2D eigenvalue weighted by molar-refractivity contribution is 5.37. The molecule has 0 atom stereocenters. The maximum atomic E-state index is 3.99. The Hall–Kier alpha value is -1.18. The van der Waals surface area contributed by atoms with Crippen LogP contribution in [0.25, 0.3) is 0 Å². The van der Waals surface area contributed by atoms with E-state index < -0.39 is 0 Å². The van der Waals surface area contributed by atoms with Gasteiger partial charge in [0.15, 0.2) is 0 Å². The van der Waals surface area contributed by atoms with E-state index in [-0.39, 0.29) is 14.9 Å². The van der Waals surface area contributed by atoms with Gasteiger partial charge >= 0.3 is 0 Å². The monoisotopic (exact) mass is 180 g/mol. The van der Waals surface area contributed by atoms with Gasteiger partial charge in [-0.05, 0) is 26.0 Å². The lowest BCUT2D eigenvalue weighted by Gasteiger charge is -1.91. The minimum absolute atomic E-state index is 0. The van der Waals surface area contributed by atoms with Crippen molar-refractivity contribution in [1.82, 2.24) is 0 Å². The largest absolute Gasteiger partial charge is 0.189 e. The van der Waals surface area contributed by atoms with Gasteiger partial charge in [-0.2, -0.15) is 10.2 Å². The van der Waals surface area contributed by atoms with E-state index in [1.54, 1.807) is 0 Å². The second kappa shape index (κ2) is 7.47. The van der Waals surface area contributed by atoms with Crippen molar-refractivity contribution < 1.29 is 0 Å². The lowest BCUT2D eigenvalue weighted by atomic mass is 10.2. The van der Waals surface area contributed by atoms with Crippen molar-refractivity contribution in [1.29, 1.82) is 0 Å². The van der Waals surface area contributed by atoms with Gasteiger partial charge in [-0.15, -0.1) is 0 Å². The highest BCUT2D eigenvalue weighted by Gasteiger charge is 1.86. The van der Waals surface area contributed by atoms with Crippen molar-refractivity contribution in [2.75, 3.05) is 6.54 Å². The first-order valence-electron chi connectivity index (χ1n) is 3.77. The van der Waals surface area contributed by atoms with Gasteiger partial charge in [-0.25, -0.2) is 0 Å². The molecule has 0 aromatic heterocycles. The van der Waals surface area contributed by atoms with Gasteiger partial charge in [0, 0.05) is 0 Å². The summed E-state index contributed by atoms with van der Waals surface area (Å²) in [5, 5.41) is 7.89. The van der Waals surface area contributed by atoms with Crippen LogP contribution < -0.4 is 0 Å². The average molecular weight is 180 g/mol. The van der Waals surface area contributed by atoms with Crippen LogP contribution in [0.15, 0.2) is 34.5 Å². The third-order valence-electron chi connectivity index (χ3n) is 1.36. The average Bonchev–Trinajstić information content (AvgIpc) is 2.04. The van der Waals surface area contributed by atoms with Crippen LogP contribution in [-0.2, 0) is 0 Å². The molecule has 0 bridgehead atoms. The Kier molecular flexibility index (Phi) is 8.24. The normalized spacial score (nSPS) is 9.08. The van der Waals surface area contributed by atoms with E-state index in [9.17, 15) is 0 Å². The van der Waals surface area contributed by atoms with Crippen LogP contribution in [0, 0.1) is 6.92 Å². The Morgan fingerprint density at radius 1 is 1.08 bits per heavy atom. The predicted molar refractivity (Wildman–Crippen MR) is 59.7 cm³/mol. The second-order valence-corrected chi connectivity index (χ2v) is 2.39. The number of aryl methyl sites for hydroxylation is 1. The molecular formula is C11H20N2. The molecule has 0 fully saturated rings. The summed E-state index contributed by atoms with van der Waals surface area (Å²) in [4.78, 5) is 0. The molecule has 0 saturated heterocycles. The predicted octanol–water partition coefficient (Wildman–Crippen LogP) is 4.37. The fourth-order valence-electron chi connectivity index (χ4n) is 0.764. The van der Waals surface area contributed by atoms with Crippen LogP contribution in [0.2, 0.25) is 0 Å². The minimum atomic E-state index is 0. The summed E-state index contributed by atoms with van der Waals surface area (Å²) < 4.78 is 0. The molecule has 2 nitrogen and oxygen atoms in total. The molecule has 13 heavy (non-hydrogen) atoms. The topological polar surface area (TPSA) is 24.7 Å². The standard InChI is InChI=1S/C9H12N2.2CH4/c1-3-10-11-9-6-4-8(2)5-7-9;;/h4-7H,3H2,1-2H3;2*1H4.